The number of hydrogen-bond acceptors (Lipinski definition) is 0. The van der Waals surface area contributed by atoms with Gasteiger partial charge in [0.2, 0.25) is 0 Å². The molecule has 0 N–H and O–H groups in total. The van der Waals surface area contributed by atoms with Gasteiger partial charge in [0.15, 0.2) is 0 Å². The normalized spacial score (nSPS) is 13.4. The standard InChI is InChI=1S/2C8H17.2Nd/c2*1-4-6-7-8(3)5-2;;/h2*8H,3-7H2,1-2H3;;. The monoisotopic (exact) mass is 510 g/mol. The third-order valence-electron chi connectivity index (χ3n) is 3.66. The fourth-order valence-electron chi connectivity index (χ4n) is 1.89. The molecule has 0 aromatic carbocycles. The van der Waals surface area contributed by atoms with Crippen molar-refractivity contribution in [3.05, 3.63) is 0 Å². The van der Waals surface area contributed by atoms with Gasteiger partial charge in [-0.2, -0.15) is 0 Å². The van der Waals surface area contributed by atoms with E-state index in [0.717, 1.165) is 11.8 Å². The molecule has 0 rings (SSSR count). The molecule has 0 bridgehead atoms. The summed E-state index contributed by atoms with van der Waals surface area (Å²) >= 11 is 2.80. The second kappa shape index (κ2) is 19.7. The van der Waals surface area contributed by atoms with E-state index in [1.165, 1.54) is 133 Å². The van der Waals surface area contributed by atoms with Gasteiger partial charge >= 0.3 is 173 Å². The van der Waals surface area contributed by atoms with Crippen LogP contribution in [0.15, 0.2) is 0 Å². The van der Waals surface area contributed by atoms with E-state index in [2.05, 4.69) is 27.7 Å². The molecule has 0 aromatic heterocycles. The van der Waals surface area contributed by atoms with Crippen molar-refractivity contribution < 1.29 is 77.5 Å². The summed E-state index contributed by atoms with van der Waals surface area (Å²) in [5.74, 6) is 2.13. The predicted molar refractivity (Wildman–Crippen MR) is 76.2 cm³/mol. The summed E-state index contributed by atoms with van der Waals surface area (Å²) < 4.78 is 3.02. The molecular formula is C16H34Nd2. The zero-order valence-corrected chi connectivity index (χ0v) is 19.6. The van der Waals surface area contributed by atoms with E-state index in [4.69, 9.17) is 0 Å². The van der Waals surface area contributed by atoms with Gasteiger partial charge in [0, 0.05) is 0 Å². The van der Waals surface area contributed by atoms with Crippen molar-refractivity contribution in [3.63, 3.8) is 0 Å². The van der Waals surface area contributed by atoms with Crippen LogP contribution in [-0.2, 0) is 0 Å². The van der Waals surface area contributed by atoms with Crippen molar-refractivity contribution >= 4 is 0 Å². The molecule has 0 aliphatic rings. The molecule has 0 amide bonds. The van der Waals surface area contributed by atoms with Crippen LogP contribution in [-0.4, -0.2) is 0 Å². The Balaban J connectivity index is 0. The Hall–Kier alpha value is 2.70. The molecule has 0 spiro atoms. The second-order valence-corrected chi connectivity index (χ2v) is 7.86. The van der Waals surface area contributed by atoms with Crippen molar-refractivity contribution in [2.24, 2.45) is 11.8 Å². The van der Waals surface area contributed by atoms with Gasteiger partial charge in [-0.3, -0.25) is 0 Å². The summed E-state index contributed by atoms with van der Waals surface area (Å²) in [5.41, 5.74) is 0. The molecular weight excluding hydrogens is 481 g/mol. The van der Waals surface area contributed by atoms with Gasteiger partial charge in [-0.25, -0.2) is 0 Å². The Morgan fingerprint density at radius 1 is 0.667 bits per heavy atom. The summed E-state index contributed by atoms with van der Waals surface area (Å²) in [6, 6.07) is 0. The minimum absolute atomic E-state index is 1.07. The van der Waals surface area contributed by atoms with Gasteiger partial charge in [-0.05, 0) is 0 Å². The van der Waals surface area contributed by atoms with E-state index in [1.54, 1.807) is 0 Å². The van der Waals surface area contributed by atoms with Crippen LogP contribution in [0.2, 0.25) is 4.14 Å². The molecule has 0 aromatic rings. The molecule has 0 saturated carbocycles. The van der Waals surface area contributed by atoms with Crippen molar-refractivity contribution in [1.82, 2.24) is 0 Å². The Morgan fingerprint density at radius 3 is 1.17 bits per heavy atom. The van der Waals surface area contributed by atoms with Crippen LogP contribution in [0.1, 0.15) is 79.1 Å². The van der Waals surface area contributed by atoms with Gasteiger partial charge in [0.05, 0.1) is 0 Å². The first kappa shape index (κ1) is 23.0. The van der Waals surface area contributed by atoms with Crippen molar-refractivity contribution in [2.45, 2.75) is 83.2 Å². The number of unbranched alkanes of at least 4 members (excludes halogenated alkanes) is 2. The quantitative estimate of drug-likeness (QED) is 0.319. The van der Waals surface area contributed by atoms with E-state index >= 15 is 0 Å². The van der Waals surface area contributed by atoms with E-state index < -0.39 is 0 Å². The Morgan fingerprint density at radius 2 is 1.00 bits per heavy atom. The first-order chi connectivity index (χ1) is 8.69. The zero-order valence-electron chi connectivity index (χ0n) is 13.2. The summed E-state index contributed by atoms with van der Waals surface area (Å²) in [6.07, 6.45) is 11.4. The third kappa shape index (κ3) is 16.8. The molecule has 106 valence electrons. The summed E-state index contributed by atoms with van der Waals surface area (Å²) in [5, 5.41) is 0. The van der Waals surface area contributed by atoms with Gasteiger partial charge < -0.3 is 0 Å². The fourth-order valence-corrected chi connectivity index (χ4v) is 5.05. The molecule has 0 nitrogen and oxygen atoms in total. The van der Waals surface area contributed by atoms with E-state index in [-0.39, 0.29) is 0 Å². The van der Waals surface area contributed by atoms with E-state index in [9.17, 15) is 0 Å². The first-order valence-corrected chi connectivity index (χ1v) is 12.5. The molecule has 2 atom stereocenters. The summed E-state index contributed by atoms with van der Waals surface area (Å²) in [7, 11) is 0. The van der Waals surface area contributed by atoms with Gasteiger partial charge in [-0.1, -0.05) is 0 Å². The van der Waals surface area contributed by atoms with Gasteiger partial charge in [-0.15, -0.1) is 0 Å². The minimum atomic E-state index is 1.07. The van der Waals surface area contributed by atoms with Crippen LogP contribution in [0.3, 0.4) is 0 Å². The van der Waals surface area contributed by atoms with Crippen LogP contribution in [0, 0.1) is 89.4 Å². The SMILES string of the molecule is CCCCC(CC)[CH2][Nd].CCCCC(CC)[CH2][Nd]. The molecule has 0 heterocycles. The van der Waals surface area contributed by atoms with Crippen LogP contribution in [0.4, 0.5) is 0 Å². The first-order valence-electron chi connectivity index (χ1n) is 7.99. The van der Waals surface area contributed by atoms with Crippen LogP contribution >= 0.6 is 0 Å². The van der Waals surface area contributed by atoms with Crippen molar-refractivity contribution in [2.75, 3.05) is 0 Å². The van der Waals surface area contributed by atoms with Crippen LogP contribution < -0.4 is 0 Å². The Kier molecular flexibility index (Phi) is 25.1. The molecule has 0 fully saturated rings. The Labute approximate surface area is 169 Å². The maximum absolute atomic E-state index is 2.32. The summed E-state index contributed by atoms with van der Waals surface area (Å²) in [4.78, 5) is 0. The maximum atomic E-state index is 2.32. The van der Waals surface area contributed by atoms with E-state index in [1.807, 2.05) is 0 Å². The van der Waals surface area contributed by atoms with Crippen LogP contribution in [0.5, 0.6) is 0 Å². The molecule has 18 heavy (non-hydrogen) atoms. The van der Waals surface area contributed by atoms with Crippen molar-refractivity contribution in [1.29, 1.82) is 0 Å². The fraction of sp³-hybridized carbons (Fsp3) is 1.00. The molecule has 2 heteroatoms. The zero-order chi connectivity index (χ0) is 14.2. The topological polar surface area (TPSA) is 0 Å². The average Bonchev–Trinajstić information content (AvgIpc) is 2.42. The molecule has 0 aliphatic carbocycles. The average molecular weight is 515 g/mol. The third-order valence-corrected chi connectivity index (χ3v) is 7.37. The summed E-state index contributed by atoms with van der Waals surface area (Å²) in [6.45, 7) is 9.19. The Bertz CT molecular complexity index is 113. The molecule has 2 unspecified atom stereocenters. The van der Waals surface area contributed by atoms with Crippen molar-refractivity contribution in [3.8, 4) is 0 Å². The predicted octanol–water partition coefficient (Wildman–Crippen LogP) is 6.34. The molecule has 0 saturated heterocycles. The van der Waals surface area contributed by atoms with Gasteiger partial charge in [0.1, 0.15) is 0 Å². The van der Waals surface area contributed by atoms with Gasteiger partial charge in [0.25, 0.3) is 0 Å². The number of hydrogen-bond donors (Lipinski definition) is 0. The molecule has 0 radical (unpaired) electrons. The number of rotatable bonds is 10. The molecule has 0 aliphatic heterocycles. The second-order valence-electron chi connectivity index (χ2n) is 5.24. The van der Waals surface area contributed by atoms with E-state index in [0.29, 0.717) is 0 Å². The van der Waals surface area contributed by atoms with Crippen LogP contribution in [0.25, 0.3) is 0 Å².